The molecule has 2 radical (unpaired) electrons. The SMILES string of the molecule is CNC(=O)C(CCC=O)N1Cc2c(NCC(=O)N3CCNCC3)cccc2C1=O.[B]S. The molecule has 3 rings (SSSR count). The van der Waals surface area contributed by atoms with E-state index < -0.39 is 6.04 Å². The Balaban J connectivity index is 0.00000166. The molecule has 0 bridgehead atoms. The number of nitrogens with one attached hydrogen (secondary N) is 3. The largest absolute Gasteiger partial charge is 0.376 e. The van der Waals surface area contributed by atoms with Crippen LogP contribution < -0.4 is 16.0 Å². The third kappa shape index (κ3) is 6.01. The Labute approximate surface area is 189 Å². The first-order chi connectivity index (χ1) is 15.1. The minimum atomic E-state index is -0.708. The highest BCUT2D eigenvalue weighted by atomic mass is 32.1. The molecule has 9 nitrogen and oxygen atoms in total. The highest BCUT2D eigenvalue weighted by molar-refractivity contribution is 8.03. The van der Waals surface area contributed by atoms with E-state index in [9.17, 15) is 19.2 Å². The first kappa shape index (κ1) is 24.7. The van der Waals surface area contributed by atoms with E-state index >= 15 is 0 Å². The van der Waals surface area contributed by atoms with Crippen LogP contribution in [0.2, 0.25) is 0 Å². The van der Waals surface area contributed by atoms with E-state index in [1.165, 1.54) is 11.9 Å². The Hall–Kier alpha value is -2.53. The normalized spacial score (nSPS) is 16.0. The number of thiol groups is 1. The number of rotatable bonds is 8. The van der Waals surface area contributed by atoms with Crippen LogP contribution in [0.3, 0.4) is 0 Å². The van der Waals surface area contributed by atoms with E-state index in [-0.39, 0.29) is 43.7 Å². The number of aldehydes is 1. The maximum atomic E-state index is 12.9. The molecule has 3 N–H and O–H groups in total. The van der Waals surface area contributed by atoms with Crippen LogP contribution in [0.4, 0.5) is 5.69 Å². The number of nitrogens with zero attached hydrogens (tertiary/aromatic N) is 2. The van der Waals surface area contributed by atoms with Gasteiger partial charge >= 0.3 is 0 Å². The van der Waals surface area contributed by atoms with Crippen LogP contribution in [0.5, 0.6) is 0 Å². The second kappa shape index (κ2) is 12.4. The van der Waals surface area contributed by atoms with E-state index in [4.69, 9.17) is 0 Å². The number of hydrogen-bond acceptors (Lipinski definition) is 7. The molecule has 1 saturated heterocycles. The quantitative estimate of drug-likeness (QED) is 0.246. The van der Waals surface area contributed by atoms with Gasteiger partial charge in [-0.2, -0.15) is 0 Å². The maximum Gasteiger partial charge on any atom is 0.255 e. The minimum absolute atomic E-state index is 0.0134. The lowest BCUT2D eigenvalue weighted by Crippen LogP contribution is -2.48. The number of carbonyl (C=O) groups excluding carboxylic acids is 4. The molecular weight excluding hydrogens is 417 g/mol. The zero-order valence-electron chi connectivity index (χ0n) is 17.6. The van der Waals surface area contributed by atoms with Crippen molar-refractivity contribution in [2.24, 2.45) is 0 Å². The first-order valence-electron chi connectivity index (χ1n) is 10.1. The monoisotopic (exact) mass is 445 g/mol. The summed E-state index contributed by atoms with van der Waals surface area (Å²) in [5.74, 6) is -0.521. The smallest absolute Gasteiger partial charge is 0.255 e. The van der Waals surface area contributed by atoms with Crippen molar-refractivity contribution in [2.45, 2.75) is 25.4 Å². The van der Waals surface area contributed by atoms with Crippen molar-refractivity contribution in [1.82, 2.24) is 20.4 Å². The van der Waals surface area contributed by atoms with Crippen molar-refractivity contribution in [3.8, 4) is 0 Å². The van der Waals surface area contributed by atoms with E-state index in [2.05, 4.69) is 35.6 Å². The fourth-order valence-electron chi connectivity index (χ4n) is 3.79. The van der Waals surface area contributed by atoms with Gasteiger partial charge in [0.25, 0.3) is 5.91 Å². The average Bonchev–Trinajstić information content (AvgIpc) is 3.16. The molecule has 1 unspecified atom stereocenters. The molecule has 2 aliphatic heterocycles. The molecule has 1 aromatic carbocycles. The summed E-state index contributed by atoms with van der Waals surface area (Å²) in [6.45, 7) is 3.36. The molecule has 2 heterocycles. The molecule has 3 amide bonds. The van der Waals surface area contributed by atoms with E-state index in [0.717, 1.165) is 24.9 Å². The molecule has 0 spiro atoms. The van der Waals surface area contributed by atoms with Crippen molar-refractivity contribution in [2.75, 3.05) is 45.1 Å². The predicted octanol–water partition coefficient (Wildman–Crippen LogP) is -0.420. The number of piperazine rings is 1. The van der Waals surface area contributed by atoms with Crippen LogP contribution in [0.15, 0.2) is 18.2 Å². The van der Waals surface area contributed by atoms with Gasteiger partial charge in [-0.3, -0.25) is 14.4 Å². The molecule has 0 aliphatic carbocycles. The Kier molecular flexibility index (Phi) is 9.86. The third-order valence-electron chi connectivity index (χ3n) is 5.38. The number of hydrogen-bond donors (Lipinski definition) is 4. The summed E-state index contributed by atoms with van der Waals surface area (Å²) in [6, 6.07) is 4.61. The number of carbonyl (C=O) groups is 4. The van der Waals surface area contributed by atoms with Gasteiger partial charge in [-0.15, -0.1) is 0 Å². The highest BCUT2D eigenvalue weighted by Crippen LogP contribution is 2.31. The second-order valence-electron chi connectivity index (χ2n) is 7.12. The van der Waals surface area contributed by atoms with Gasteiger partial charge in [0.1, 0.15) is 12.3 Å². The number of anilines is 1. The maximum absolute atomic E-state index is 12.9. The Morgan fingerprint density at radius 2 is 2.00 bits per heavy atom. The Morgan fingerprint density at radius 3 is 2.65 bits per heavy atom. The van der Waals surface area contributed by atoms with Crippen LogP contribution in [0.1, 0.15) is 28.8 Å². The molecule has 1 fully saturated rings. The number of likely N-dealkylation sites (N-methyl/N-ethyl adjacent to an activating group) is 1. The van der Waals surface area contributed by atoms with Crippen molar-refractivity contribution in [3.63, 3.8) is 0 Å². The fraction of sp³-hybridized carbons (Fsp3) is 0.500. The van der Waals surface area contributed by atoms with Crippen LogP contribution in [-0.2, 0) is 20.9 Å². The van der Waals surface area contributed by atoms with Crippen molar-refractivity contribution in [3.05, 3.63) is 29.3 Å². The summed E-state index contributed by atoms with van der Waals surface area (Å²) in [4.78, 5) is 51.7. The molecule has 0 saturated carbocycles. The van der Waals surface area contributed by atoms with E-state index in [1.54, 1.807) is 12.1 Å². The van der Waals surface area contributed by atoms with E-state index in [1.807, 2.05) is 11.0 Å². The predicted molar refractivity (Wildman–Crippen MR) is 122 cm³/mol. The number of benzene rings is 1. The summed E-state index contributed by atoms with van der Waals surface area (Å²) in [5, 5.41) is 8.95. The van der Waals surface area contributed by atoms with Crippen molar-refractivity contribution >= 4 is 49.3 Å². The number of amides is 3. The van der Waals surface area contributed by atoms with Gasteiger partial charge in [-0.1, -0.05) is 6.07 Å². The standard InChI is InChI=1S/C20H27N5O4.BHS/c1-21-19(28)17(6-3-11-26)25-13-15-14(20(25)29)4-2-5-16(15)23-12-18(27)24-9-7-22-8-10-24;1-2/h2,4-5,11,17,22-23H,3,6-10,12-13H2,1H3,(H,21,28);2H. The van der Waals surface area contributed by atoms with Gasteiger partial charge < -0.3 is 30.5 Å². The molecule has 1 aromatic rings. The molecule has 0 aromatic heterocycles. The molecule has 11 heteroatoms. The lowest BCUT2D eigenvalue weighted by molar-refractivity contribution is -0.130. The van der Waals surface area contributed by atoms with Gasteiger partial charge in [0.05, 0.1) is 6.54 Å². The third-order valence-corrected chi connectivity index (χ3v) is 5.38. The van der Waals surface area contributed by atoms with Gasteiger partial charge in [0, 0.05) is 63.0 Å². The van der Waals surface area contributed by atoms with Gasteiger partial charge in [0.2, 0.25) is 11.8 Å². The summed E-state index contributed by atoms with van der Waals surface area (Å²) in [6.07, 6.45) is 1.22. The van der Waals surface area contributed by atoms with Gasteiger partial charge in [-0.25, -0.2) is 12.5 Å². The zero-order valence-corrected chi connectivity index (χ0v) is 18.5. The zero-order chi connectivity index (χ0) is 22.8. The van der Waals surface area contributed by atoms with Gasteiger partial charge in [-0.05, 0) is 18.6 Å². The van der Waals surface area contributed by atoms with Crippen LogP contribution >= 0.6 is 12.5 Å². The molecule has 2 aliphatic rings. The molecule has 166 valence electrons. The average molecular weight is 445 g/mol. The summed E-state index contributed by atoms with van der Waals surface area (Å²) in [7, 11) is 5.71. The van der Waals surface area contributed by atoms with Crippen molar-refractivity contribution in [1.29, 1.82) is 0 Å². The topological polar surface area (TPSA) is 111 Å². The van der Waals surface area contributed by atoms with Crippen LogP contribution in [0.25, 0.3) is 0 Å². The summed E-state index contributed by atoms with van der Waals surface area (Å²) < 4.78 is 0. The summed E-state index contributed by atoms with van der Waals surface area (Å²) >= 11 is 3.03. The summed E-state index contributed by atoms with van der Waals surface area (Å²) in [5.41, 5.74) is 2.00. The fourth-order valence-corrected chi connectivity index (χ4v) is 3.79. The lowest BCUT2D eigenvalue weighted by Gasteiger charge is -2.28. The number of fused-ring (bicyclic) bond motifs is 1. The second-order valence-corrected chi connectivity index (χ2v) is 7.12. The van der Waals surface area contributed by atoms with E-state index in [0.29, 0.717) is 24.3 Å². The Bertz CT molecular complexity index is 804. The molecule has 1 atom stereocenters. The Morgan fingerprint density at radius 1 is 1.29 bits per heavy atom. The van der Waals surface area contributed by atoms with Gasteiger partial charge in [0.15, 0.2) is 7.12 Å². The lowest BCUT2D eigenvalue weighted by atomic mass is 10.1. The first-order valence-corrected chi connectivity index (χ1v) is 10.6. The van der Waals surface area contributed by atoms with Crippen LogP contribution in [0, 0.1) is 0 Å². The highest BCUT2D eigenvalue weighted by Gasteiger charge is 2.37. The van der Waals surface area contributed by atoms with Crippen LogP contribution in [-0.4, -0.2) is 86.7 Å². The molecular formula is C20H28BN5O4S. The molecule has 31 heavy (non-hydrogen) atoms. The minimum Gasteiger partial charge on any atom is -0.376 e. The van der Waals surface area contributed by atoms with Crippen molar-refractivity contribution < 1.29 is 19.2 Å².